The van der Waals surface area contributed by atoms with E-state index in [0.29, 0.717) is 0 Å². The van der Waals surface area contributed by atoms with Crippen molar-refractivity contribution >= 4 is 41.6 Å². The van der Waals surface area contributed by atoms with Gasteiger partial charge in [-0.1, -0.05) is 72.3 Å². The van der Waals surface area contributed by atoms with Gasteiger partial charge in [0, 0.05) is 35.5 Å². The third kappa shape index (κ3) is 5.35. The van der Waals surface area contributed by atoms with Crippen LogP contribution in [0.1, 0.15) is 22.3 Å². The van der Waals surface area contributed by atoms with Crippen LogP contribution in [0.3, 0.4) is 0 Å². The molecule has 0 unspecified atom stereocenters. The quantitative estimate of drug-likeness (QED) is 0.417. The second-order valence-electron chi connectivity index (χ2n) is 7.35. The van der Waals surface area contributed by atoms with Gasteiger partial charge in [0.2, 0.25) is 0 Å². The normalized spacial score (nSPS) is 13.4. The van der Waals surface area contributed by atoms with Crippen LogP contribution in [-0.2, 0) is 5.75 Å². The Bertz CT molecular complexity index is 1040. The first-order valence-electron chi connectivity index (χ1n) is 10.0. The maximum atomic E-state index is 4.84. The topological polar surface area (TPSA) is 15.6 Å². The van der Waals surface area contributed by atoms with Gasteiger partial charge in [-0.2, -0.15) is 0 Å². The maximum absolute atomic E-state index is 4.84. The van der Waals surface area contributed by atoms with Gasteiger partial charge in [-0.3, -0.25) is 4.99 Å². The van der Waals surface area contributed by atoms with Crippen LogP contribution in [-0.4, -0.2) is 25.8 Å². The van der Waals surface area contributed by atoms with Gasteiger partial charge >= 0.3 is 0 Å². The number of rotatable bonds is 5. The van der Waals surface area contributed by atoms with Gasteiger partial charge in [0.25, 0.3) is 0 Å². The number of thioether (sulfide) groups is 1. The number of benzodiazepines with no additional fused rings is 1. The second kappa shape index (κ2) is 10.5. The number of fused-ring (bicyclic) bond motifs is 1. The van der Waals surface area contributed by atoms with Crippen molar-refractivity contribution in [2.75, 3.05) is 25.0 Å². The van der Waals surface area contributed by atoms with E-state index in [9.17, 15) is 0 Å². The monoisotopic (exact) mass is 434 g/mol. The SMILES string of the molecule is Cc1ccc(CSc2ccccc2/C=C/C2=NCCN(C)c3ccccc32)cc1.Cl. The first kappa shape index (κ1) is 22.2. The number of halogens is 1. The molecule has 1 aliphatic rings. The number of likely N-dealkylation sites (N-methyl/N-ethyl adjacent to an activating group) is 1. The molecule has 0 saturated heterocycles. The number of benzene rings is 3. The largest absolute Gasteiger partial charge is 0.372 e. The summed E-state index contributed by atoms with van der Waals surface area (Å²) >= 11 is 1.88. The van der Waals surface area contributed by atoms with Gasteiger partial charge in [-0.05, 0) is 36.3 Å². The Morgan fingerprint density at radius 2 is 1.67 bits per heavy atom. The first-order chi connectivity index (χ1) is 14.2. The van der Waals surface area contributed by atoms with Gasteiger partial charge < -0.3 is 4.90 Å². The average Bonchev–Trinajstić information content (AvgIpc) is 2.91. The fourth-order valence-corrected chi connectivity index (χ4v) is 4.45. The van der Waals surface area contributed by atoms with E-state index in [0.717, 1.165) is 24.6 Å². The molecule has 4 rings (SSSR count). The summed E-state index contributed by atoms with van der Waals surface area (Å²) in [6.07, 6.45) is 4.38. The van der Waals surface area contributed by atoms with E-state index >= 15 is 0 Å². The van der Waals surface area contributed by atoms with E-state index < -0.39 is 0 Å². The Morgan fingerprint density at radius 1 is 0.933 bits per heavy atom. The molecule has 30 heavy (non-hydrogen) atoms. The molecule has 0 aliphatic carbocycles. The zero-order chi connectivity index (χ0) is 20.1. The van der Waals surface area contributed by atoms with Crippen LogP contribution in [0.5, 0.6) is 0 Å². The van der Waals surface area contributed by atoms with Crippen molar-refractivity contribution in [1.29, 1.82) is 0 Å². The molecular formula is C26H27ClN2S. The molecule has 0 fully saturated rings. The molecule has 0 bridgehead atoms. The first-order valence-corrected chi connectivity index (χ1v) is 11.0. The van der Waals surface area contributed by atoms with Crippen molar-refractivity contribution in [3.05, 3.63) is 101 Å². The lowest BCUT2D eigenvalue weighted by atomic mass is 10.1. The van der Waals surface area contributed by atoms with Crippen molar-refractivity contribution in [2.24, 2.45) is 4.99 Å². The van der Waals surface area contributed by atoms with Gasteiger partial charge in [-0.15, -0.1) is 24.2 Å². The molecule has 0 aromatic heterocycles. The molecular weight excluding hydrogens is 408 g/mol. The lowest BCUT2D eigenvalue weighted by Gasteiger charge is -2.18. The molecule has 154 valence electrons. The molecule has 0 atom stereocenters. The third-order valence-corrected chi connectivity index (χ3v) is 6.32. The predicted octanol–water partition coefficient (Wildman–Crippen LogP) is 6.66. The summed E-state index contributed by atoms with van der Waals surface area (Å²) in [6.45, 7) is 3.88. The summed E-state index contributed by atoms with van der Waals surface area (Å²) < 4.78 is 0. The molecule has 3 aromatic carbocycles. The molecule has 4 heteroatoms. The highest BCUT2D eigenvalue weighted by Crippen LogP contribution is 2.28. The number of para-hydroxylation sites is 1. The highest BCUT2D eigenvalue weighted by atomic mass is 35.5. The molecule has 3 aromatic rings. The summed E-state index contributed by atoms with van der Waals surface area (Å²) in [7, 11) is 2.14. The van der Waals surface area contributed by atoms with Crippen molar-refractivity contribution in [1.82, 2.24) is 0 Å². The van der Waals surface area contributed by atoms with Crippen LogP contribution in [0.15, 0.2) is 88.8 Å². The number of hydrogen-bond acceptors (Lipinski definition) is 3. The average molecular weight is 435 g/mol. The fourth-order valence-electron chi connectivity index (χ4n) is 3.46. The van der Waals surface area contributed by atoms with E-state index in [1.54, 1.807) is 0 Å². The zero-order valence-corrected chi connectivity index (χ0v) is 19.0. The number of allylic oxidation sites excluding steroid dienone is 1. The maximum Gasteiger partial charge on any atom is 0.0668 e. The Kier molecular flexibility index (Phi) is 7.78. The van der Waals surface area contributed by atoms with E-state index in [4.69, 9.17) is 4.99 Å². The Labute approximate surface area is 190 Å². The zero-order valence-electron chi connectivity index (χ0n) is 17.4. The Hall–Kier alpha value is -2.49. The summed E-state index contributed by atoms with van der Waals surface area (Å²) in [4.78, 5) is 8.42. The minimum absolute atomic E-state index is 0. The Morgan fingerprint density at radius 3 is 2.50 bits per heavy atom. The van der Waals surface area contributed by atoms with E-state index in [2.05, 4.69) is 104 Å². The number of hydrogen-bond donors (Lipinski definition) is 0. The van der Waals surface area contributed by atoms with Gasteiger partial charge in [-0.25, -0.2) is 0 Å². The van der Waals surface area contributed by atoms with Crippen molar-refractivity contribution in [3.8, 4) is 0 Å². The highest BCUT2D eigenvalue weighted by molar-refractivity contribution is 7.98. The number of aryl methyl sites for hydroxylation is 1. The summed E-state index contributed by atoms with van der Waals surface area (Å²) in [6, 6.07) is 25.9. The molecule has 1 heterocycles. The minimum Gasteiger partial charge on any atom is -0.372 e. The summed E-state index contributed by atoms with van der Waals surface area (Å²) in [5.74, 6) is 0.972. The molecule has 0 N–H and O–H groups in total. The van der Waals surface area contributed by atoms with Gasteiger partial charge in [0.05, 0.1) is 12.3 Å². The molecule has 2 nitrogen and oxygen atoms in total. The van der Waals surface area contributed by atoms with Crippen LogP contribution >= 0.6 is 24.2 Å². The van der Waals surface area contributed by atoms with Crippen LogP contribution in [0.4, 0.5) is 5.69 Å². The van der Waals surface area contributed by atoms with Crippen molar-refractivity contribution < 1.29 is 0 Å². The van der Waals surface area contributed by atoms with Crippen molar-refractivity contribution in [3.63, 3.8) is 0 Å². The standard InChI is InChI=1S/C26H26N2S.ClH/c1-20-11-13-21(14-12-20)19-29-26-10-6-3-7-22(26)15-16-24-23-8-4-5-9-25(23)28(2)18-17-27-24;/h3-16H,17-19H2,1-2H3;1H/b16-15+;. The third-order valence-electron chi connectivity index (χ3n) is 5.16. The molecule has 0 radical (unpaired) electrons. The smallest absolute Gasteiger partial charge is 0.0668 e. The fraction of sp³-hybridized carbons (Fsp3) is 0.192. The lowest BCUT2D eigenvalue weighted by molar-refractivity contribution is 0.897. The Balaban J connectivity index is 0.00000256. The summed E-state index contributed by atoms with van der Waals surface area (Å²) in [5, 5.41) is 0. The van der Waals surface area contributed by atoms with E-state index in [1.165, 1.54) is 32.8 Å². The minimum atomic E-state index is 0. The molecule has 0 saturated carbocycles. The lowest BCUT2D eigenvalue weighted by Crippen LogP contribution is -2.20. The van der Waals surface area contributed by atoms with Crippen LogP contribution in [0, 0.1) is 6.92 Å². The number of nitrogens with zero attached hydrogens (tertiary/aromatic N) is 2. The number of aliphatic imine (C=N–C) groups is 1. The molecule has 1 aliphatic heterocycles. The van der Waals surface area contributed by atoms with Gasteiger partial charge in [0.15, 0.2) is 0 Å². The van der Waals surface area contributed by atoms with Crippen LogP contribution < -0.4 is 4.90 Å². The summed E-state index contributed by atoms with van der Waals surface area (Å²) in [5.41, 5.74) is 7.40. The van der Waals surface area contributed by atoms with Crippen molar-refractivity contribution in [2.45, 2.75) is 17.6 Å². The highest BCUT2D eigenvalue weighted by Gasteiger charge is 2.13. The second-order valence-corrected chi connectivity index (χ2v) is 8.37. The molecule has 0 amide bonds. The van der Waals surface area contributed by atoms with Crippen LogP contribution in [0.2, 0.25) is 0 Å². The van der Waals surface area contributed by atoms with Gasteiger partial charge in [0.1, 0.15) is 0 Å². The predicted molar refractivity (Wildman–Crippen MR) is 135 cm³/mol. The van der Waals surface area contributed by atoms with E-state index in [-0.39, 0.29) is 12.4 Å². The number of anilines is 1. The van der Waals surface area contributed by atoms with E-state index in [1.807, 2.05) is 11.8 Å². The molecule has 0 spiro atoms. The van der Waals surface area contributed by atoms with Crippen LogP contribution in [0.25, 0.3) is 6.08 Å².